The molecule has 0 saturated heterocycles. The Morgan fingerprint density at radius 2 is 1.26 bits per heavy atom. The van der Waals surface area contributed by atoms with Crippen LogP contribution < -0.4 is 0 Å². The monoisotopic (exact) mass is 304 g/mol. The summed E-state index contributed by atoms with van der Waals surface area (Å²) in [6.07, 6.45) is 0. The van der Waals surface area contributed by atoms with E-state index in [0.717, 1.165) is 16.7 Å². The second-order valence-electron chi connectivity index (χ2n) is 6.89. The van der Waals surface area contributed by atoms with E-state index < -0.39 is 0 Å². The van der Waals surface area contributed by atoms with Crippen molar-refractivity contribution in [3.8, 4) is 22.3 Å². The van der Waals surface area contributed by atoms with Crippen LogP contribution in [0.5, 0.6) is 0 Å². The van der Waals surface area contributed by atoms with E-state index in [1.807, 2.05) is 54.6 Å². The van der Waals surface area contributed by atoms with Crippen LogP contribution in [-0.2, 0) is 5.41 Å². The van der Waals surface area contributed by atoms with Crippen molar-refractivity contribution in [1.82, 2.24) is 0 Å². The zero-order valence-corrected chi connectivity index (χ0v) is 13.8. The van der Waals surface area contributed by atoms with Gasteiger partial charge in [-0.2, -0.15) is 0 Å². The van der Waals surface area contributed by atoms with Crippen molar-refractivity contribution in [3.05, 3.63) is 84.2 Å². The first-order valence-electron chi connectivity index (χ1n) is 7.91. The lowest BCUT2D eigenvalue weighted by atomic mass is 9.86. The Labute approximate surface area is 137 Å². The molecule has 0 radical (unpaired) electrons. The third-order valence-electron chi connectivity index (χ3n) is 4.14. The topological polar surface area (TPSA) is 0 Å². The largest absolute Gasteiger partial charge is 0.206 e. The molecule has 0 heterocycles. The van der Waals surface area contributed by atoms with Gasteiger partial charge in [-0.05, 0) is 33.7 Å². The molecule has 0 aliphatic heterocycles. The van der Waals surface area contributed by atoms with Gasteiger partial charge < -0.3 is 0 Å². The minimum Gasteiger partial charge on any atom is -0.206 e. The summed E-state index contributed by atoms with van der Waals surface area (Å²) in [6.45, 7) is 6.53. The Hall–Kier alpha value is -2.41. The summed E-state index contributed by atoms with van der Waals surface area (Å²) in [6, 6.07) is 23.5. The molecule has 0 nitrogen and oxygen atoms in total. The van der Waals surface area contributed by atoms with Gasteiger partial charge >= 0.3 is 0 Å². The van der Waals surface area contributed by atoms with E-state index in [9.17, 15) is 4.39 Å². The normalized spacial score (nSPS) is 11.5. The van der Waals surface area contributed by atoms with Crippen molar-refractivity contribution < 1.29 is 4.39 Å². The van der Waals surface area contributed by atoms with Gasteiger partial charge in [-0.1, -0.05) is 87.5 Å². The summed E-state index contributed by atoms with van der Waals surface area (Å²) in [5, 5.41) is 0. The lowest BCUT2D eigenvalue weighted by Crippen LogP contribution is -2.10. The molecule has 3 rings (SSSR count). The Bertz CT molecular complexity index is 794. The summed E-state index contributed by atoms with van der Waals surface area (Å²) < 4.78 is 14.6. The average Bonchev–Trinajstić information content (AvgIpc) is 2.55. The first kappa shape index (κ1) is 15.5. The molecule has 0 amide bonds. The summed E-state index contributed by atoms with van der Waals surface area (Å²) >= 11 is 0. The van der Waals surface area contributed by atoms with Crippen LogP contribution >= 0.6 is 0 Å². The molecule has 116 valence electrons. The lowest BCUT2D eigenvalue weighted by Gasteiger charge is -2.19. The lowest BCUT2D eigenvalue weighted by molar-refractivity contribution is 0.590. The zero-order valence-electron chi connectivity index (χ0n) is 13.8. The highest BCUT2D eigenvalue weighted by atomic mass is 19.1. The van der Waals surface area contributed by atoms with Crippen molar-refractivity contribution >= 4 is 0 Å². The number of rotatable bonds is 2. The van der Waals surface area contributed by atoms with E-state index in [2.05, 4.69) is 32.9 Å². The van der Waals surface area contributed by atoms with Gasteiger partial charge in [-0.25, -0.2) is 4.39 Å². The fraction of sp³-hybridized carbons (Fsp3) is 0.182. The Morgan fingerprint density at radius 3 is 1.83 bits per heavy atom. The van der Waals surface area contributed by atoms with Gasteiger partial charge in [0.15, 0.2) is 0 Å². The molecule has 3 aromatic carbocycles. The van der Waals surface area contributed by atoms with E-state index in [4.69, 9.17) is 0 Å². The maximum absolute atomic E-state index is 14.6. The Morgan fingerprint density at radius 1 is 0.652 bits per heavy atom. The van der Waals surface area contributed by atoms with Gasteiger partial charge in [0.25, 0.3) is 0 Å². The van der Waals surface area contributed by atoms with Gasteiger partial charge in [0.05, 0.1) is 0 Å². The first-order chi connectivity index (χ1) is 10.9. The molecule has 1 heteroatoms. The van der Waals surface area contributed by atoms with Crippen LogP contribution in [0, 0.1) is 5.82 Å². The number of benzene rings is 3. The molecule has 0 fully saturated rings. The van der Waals surface area contributed by atoms with Crippen LogP contribution in [0.1, 0.15) is 26.3 Å². The predicted molar refractivity (Wildman–Crippen MR) is 96.0 cm³/mol. The second-order valence-corrected chi connectivity index (χ2v) is 6.89. The first-order valence-corrected chi connectivity index (χ1v) is 7.91. The fourth-order valence-electron chi connectivity index (χ4n) is 2.71. The fourth-order valence-corrected chi connectivity index (χ4v) is 2.71. The van der Waals surface area contributed by atoms with E-state index >= 15 is 0 Å². The van der Waals surface area contributed by atoms with Gasteiger partial charge in [0.2, 0.25) is 0 Å². The third kappa shape index (κ3) is 3.34. The van der Waals surface area contributed by atoms with Gasteiger partial charge in [-0.3, -0.25) is 0 Å². The summed E-state index contributed by atoms with van der Waals surface area (Å²) in [5.74, 6) is -0.185. The highest BCUT2D eigenvalue weighted by Gasteiger charge is 2.14. The van der Waals surface area contributed by atoms with Crippen LogP contribution in [0.25, 0.3) is 22.3 Å². The molecule has 23 heavy (non-hydrogen) atoms. The van der Waals surface area contributed by atoms with Crippen LogP contribution in [0.2, 0.25) is 0 Å². The van der Waals surface area contributed by atoms with E-state index in [-0.39, 0.29) is 11.2 Å². The van der Waals surface area contributed by atoms with Crippen molar-refractivity contribution in [2.45, 2.75) is 26.2 Å². The van der Waals surface area contributed by atoms with Gasteiger partial charge in [-0.15, -0.1) is 0 Å². The number of hydrogen-bond acceptors (Lipinski definition) is 0. The zero-order chi connectivity index (χ0) is 16.4. The van der Waals surface area contributed by atoms with Crippen molar-refractivity contribution in [2.75, 3.05) is 0 Å². The minimum absolute atomic E-state index is 0.105. The second kappa shape index (κ2) is 6.00. The molecule has 0 atom stereocenters. The molecule has 0 N–H and O–H groups in total. The summed E-state index contributed by atoms with van der Waals surface area (Å²) in [7, 11) is 0. The van der Waals surface area contributed by atoms with Gasteiger partial charge in [0, 0.05) is 5.56 Å². The highest BCUT2D eigenvalue weighted by molar-refractivity contribution is 5.71. The van der Waals surface area contributed by atoms with Crippen LogP contribution in [0.4, 0.5) is 4.39 Å². The maximum atomic E-state index is 14.6. The standard InChI is InChI=1S/C22H21F/c1-22(2,3)19-12-9-17(10-13-19)20-14-11-18(15-21(20)23)16-7-5-4-6-8-16/h4-15H,1-3H3. The Balaban J connectivity index is 1.95. The van der Waals surface area contributed by atoms with Crippen LogP contribution in [0.3, 0.4) is 0 Å². The SMILES string of the molecule is CC(C)(C)c1ccc(-c2ccc(-c3ccccc3)cc2F)cc1. The molecular weight excluding hydrogens is 283 g/mol. The van der Waals surface area contributed by atoms with Gasteiger partial charge in [0.1, 0.15) is 5.82 Å². The van der Waals surface area contributed by atoms with Crippen LogP contribution in [0.15, 0.2) is 72.8 Å². The molecule has 0 spiro atoms. The average molecular weight is 304 g/mol. The van der Waals surface area contributed by atoms with E-state index in [0.29, 0.717) is 5.56 Å². The molecule has 0 aliphatic rings. The summed E-state index contributed by atoms with van der Waals surface area (Å²) in [4.78, 5) is 0. The van der Waals surface area contributed by atoms with Crippen molar-refractivity contribution in [3.63, 3.8) is 0 Å². The third-order valence-corrected chi connectivity index (χ3v) is 4.14. The van der Waals surface area contributed by atoms with Crippen molar-refractivity contribution in [2.24, 2.45) is 0 Å². The molecule has 3 aromatic rings. The van der Waals surface area contributed by atoms with Crippen LogP contribution in [-0.4, -0.2) is 0 Å². The Kier molecular flexibility index (Phi) is 4.04. The highest BCUT2D eigenvalue weighted by Crippen LogP contribution is 2.30. The van der Waals surface area contributed by atoms with E-state index in [1.54, 1.807) is 6.07 Å². The molecule has 0 unspecified atom stereocenters. The number of hydrogen-bond donors (Lipinski definition) is 0. The van der Waals surface area contributed by atoms with Crippen molar-refractivity contribution in [1.29, 1.82) is 0 Å². The molecule has 0 saturated carbocycles. The smallest absolute Gasteiger partial charge is 0.131 e. The molecule has 0 bridgehead atoms. The minimum atomic E-state index is -0.185. The summed E-state index contributed by atoms with van der Waals surface area (Å²) in [5.41, 5.74) is 4.84. The molecule has 0 aromatic heterocycles. The number of halogens is 1. The molecule has 0 aliphatic carbocycles. The maximum Gasteiger partial charge on any atom is 0.131 e. The van der Waals surface area contributed by atoms with E-state index in [1.165, 1.54) is 5.56 Å². The molecular formula is C22H21F. The predicted octanol–water partition coefficient (Wildman–Crippen LogP) is 6.46. The quantitative estimate of drug-likeness (QED) is 0.510.